The van der Waals surface area contributed by atoms with Crippen LogP contribution in [0.2, 0.25) is 0 Å². The van der Waals surface area contributed by atoms with Gasteiger partial charge in [0.05, 0.1) is 24.9 Å². The second-order valence-electron chi connectivity index (χ2n) is 3.75. The Hall–Kier alpha value is -0.690. The van der Waals surface area contributed by atoms with Crippen LogP contribution in [0.15, 0.2) is 0 Å². The molecule has 2 aliphatic heterocycles. The van der Waals surface area contributed by atoms with Crippen molar-refractivity contribution in [1.29, 1.82) is 0 Å². The number of carboxylic acids is 1. The first-order chi connectivity index (χ1) is 6.59. The predicted octanol–water partition coefficient (Wildman–Crippen LogP) is -2.08. The van der Waals surface area contributed by atoms with Gasteiger partial charge in [-0.15, -0.1) is 0 Å². The van der Waals surface area contributed by atoms with Crippen molar-refractivity contribution in [3.63, 3.8) is 0 Å². The van der Waals surface area contributed by atoms with Gasteiger partial charge in [-0.1, -0.05) is 0 Å². The lowest BCUT2D eigenvalue weighted by atomic mass is 9.98. The second kappa shape index (κ2) is 3.47. The number of nitrogens with one attached hydrogen (secondary N) is 1. The molecule has 2 saturated heterocycles. The molecule has 2 rings (SSSR count). The van der Waals surface area contributed by atoms with E-state index in [1.165, 1.54) is 0 Å². The van der Waals surface area contributed by atoms with Crippen LogP contribution in [0.1, 0.15) is 6.42 Å². The number of hydrogen-bond acceptors (Lipinski definition) is 5. The highest BCUT2D eigenvalue weighted by atomic mass is 16.5. The molecule has 0 saturated carbocycles. The molecule has 2 heterocycles. The summed E-state index contributed by atoms with van der Waals surface area (Å²) in [6.07, 6.45) is -1.85. The number of hydrogen-bond donors (Lipinski definition) is 4. The summed E-state index contributed by atoms with van der Waals surface area (Å²) in [5.74, 6) is -0.954. The maximum atomic E-state index is 10.7. The lowest BCUT2D eigenvalue weighted by molar-refractivity contribution is -0.139. The van der Waals surface area contributed by atoms with Crippen molar-refractivity contribution in [1.82, 2.24) is 5.32 Å². The van der Waals surface area contributed by atoms with Gasteiger partial charge in [0.15, 0.2) is 0 Å². The Morgan fingerprint density at radius 3 is 2.79 bits per heavy atom. The summed E-state index contributed by atoms with van der Waals surface area (Å²) in [4.78, 5) is 10.7. The molecular formula is C8H13NO5. The third-order valence-corrected chi connectivity index (χ3v) is 2.80. The van der Waals surface area contributed by atoms with E-state index in [9.17, 15) is 15.0 Å². The first kappa shape index (κ1) is 9.85. The summed E-state index contributed by atoms with van der Waals surface area (Å²) in [5.41, 5.74) is 0. The molecule has 80 valence electrons. The van der Waals surface area contributed by atoms with Crippen molar-refractivity contribution in [3.8, 4) is 0 Å². The number of aliphatic carboxylic acids is 1. The molecule has 4 N–H and O–H groups in total. The SMILES string of the molecule is O=C(O)C1C[C@@H]2OC[C@H](O)[C@@H](O)[C@H]2N1. The van der Waals surface area contributed by atoms with Crippen LogP contribution in [0.4, 0.5) is 0 Å². The average molecular weight is 203 g/mol. The molecule has 2 fully saturated rings. The lowest BCUT2D eigenvalue weighted by Gasteiger charge is -2.33. The summed E-state index contributed by atoms with van der Waals surface area (Å²) in [6.45, 7) is 0.0658. The molecule has 0 amide bonds. The first-order valence-electron chi connectivity index (χ1n) is 4.56. The van der Waals surface area contributed by atoms with Gasteiger partial charge in [-0.2, -0.15) is 0 Å². The van der Waals surface area contributed by atoms with E-state index in [2.05, 4.69) is 5.32 Å². The van der Waals surface area contributed by atoms with Crippen LogP contribution >= 0.6 is 0 Å². The van der Waals surface area contributed by atoms with Crippen molar-refractivity contribution in [2.45, 2.75) is 36.8 Å². The van der Waals surface area contributed by atoms with Gasteiger partial charge >= 0.3 is 5.97 Å². The van der Waals surface area contributed by atoms with Crippen molar-refractivity contribution in [2.24, 2.45) is 0 Å². The van der Waals surface area contributed by atoms with E-state index in [1.807, 2.05) is 0 Å². The zero-order valence-electron chi connectivity index (χ0n) is 7.46. The predicted molar refractivity (Wildman–Crippen MR) is 44.7 cm³/mol. The fourth-order valence-electron chi connectivity index (χ4n) is 2.01. The zero-order chi connectivity index (χ0) is 10.3. The van der Waals surface area contributed by atoms with E-state index in [0.29, 0.717) is 6.42 Å². The highest BCUT2D eigenvalue weighted by molar-refractivity contribution is 5.74. The molecule has 5 atom stereocenters. The first-order valence-corrected chi connectivity index (χ1v) is 4.56. The Bertz CT molecular complexity index is 246. The topological polar surface area (TPSA) is 99.0 Å². The molecule has 2 aliphatic rings. The lowest BCUT2D eigenvalue weighted by Crippen LogP contribution is -2.55. The Morgan fingerprint density at radius 2 is 2.14 bits per heavy atom. The number of fused-ring (bicyclic) bond motifs is 1. The number of aliphatic hydroxyl groups is 2. The Kier molecular flexibility index (Phi) is 2.44. The van der Waals surface area contributed by atoms with Gasteiger partial charge in [-0.25, -0.2) is 0 Å². The van der Waals surface area contributed by atoms with E-state index in [0.717, 1.165) is 0 Å². The third-order valence-electron chi connectivity index (χ3n) is 2.80. The Morgan fingerprint density at radius 1 is 1.43 bits per heavy atom. The molecule has 0 spiro atoms. The standard InChI is InChI=1S/C8H13NO5/c10-4-2-14-5-1-3(8(12)13)9-6(5)7(4)11/h3-7,9-11H,1-2H2,(H,12,13)/t3?,4-,5-,6-,7+/m0/s1. The molecule has 0 aromatic carbocycles. The fraction of sp³-hybridized carbons (Fsp3) is 0.875. The maximum Gasteiger partial charge on any atom is 0.320 e. The van der Waals surface area contributed by atoms with Crippen molar-refractivity contribution in [3.05, 3.63) is 0 Å². The minimum atomic E-state index is -0.954. The quantitative estimate of drug-likeness (QED) is 0.390. The molecular weight excluding hydrogens is 190 g/mol. The number of carboxylic acid groups (broad SMARTS) is 1. The molecule has 0 aliphatic carbocycles. The van der Waals surface area contributed by atoms with E-state index in [-0.39, 0.29) is 12.7 Å². The van der Waals surface area contributed by atoms with Crippen molar-refractivity contribution >= 4 is 5.97 Å². The normalized spacial score (nSPS) is 47.4. The molecule has 14 heavy (non-hydrogen) atoms. The van der Waals surface area contributed by atoms with Crippen LogP contribution in [0.5, 0.6) is 0 Å². The van der Waals surface area contributed by atoms with Crippen LogP contribution in [0, 0.1) is 0 Å². The van der Waals surface area contributed by atoms with E-state index < -0.39 is 30.3 Å². The molecule has 6 nitrogen and oxygen atoms in total. The smallest absolute Gasteiger partial charge is 0.320 e. The van der Waals surface area contributed by atoms with Gasteiger partial charge in [0.1, 0.15) is 12.1 Å². The van der Waals surface area contributed by atoms with Crippen molar-refractivity contribution < 1.29 is 24.9 Å². The Balaban J connectivity index is 2.06. The maximum absolute atomic E-state index is 10.7. The molecule has 0 radical (unpaired) electrons. The summed E-state index contributed by atoms with van der Waals surface area (Å²) < 4.78 is 5.23. The van der Waals surface area contributed by atoms with Crippen LogP contribution in [0.3, 0.4) is 0 Å². The van der Waals surface area contributed by atoms with E-state index in [1.54, 1.807) is 0 Å². The van der Waals surface area contributed by atoms with Gasteiger partial charge in [0, 0.05) is 6.42 Å². The third kappa shape index (κ3) is 1.50. The van der Waals surface area contributed by atoms with Gasteiger partial charge in [-0.3, -0.25) is 10.1 Å². The van der Waals surface area contributed by atoms with Crippen LogP contribution in [0.25, 0.3) is 0 Å². The van der Waals surface area contributed by atoms with E-state index >= 15 is 0 Å². The second-order valence-corrected chi connectivity index (χ2v) is 3.75. The zero-order valence-corrected chi connectivity index (χ0v) is 7.46. The van der Waals surface area contributed by atoms with Crippen LogP contribution in [-0.2, 0) is 9.53 Å². The number of ether oxygens (including phenoxy) is 1. The summed E-state index contributed by atoms with van der Waals surface area (Å²) in [6, 6.07) is -1.16. The highest BCUT2D eigenvalue weighted by Gasteiger charge is 2.46. The average Bonchev–Trinajstić information content (AvgIpc) is 2.56. The number of rotatable bonds is 1. The number of aliphatic hydroxyl groups excluding tert-OH is 2. The summed E-state index contributed by atoms with van der Waals surface area (Å²) in [5, 5.41) is 30.3. The molecule has 0 aromatic heterocycles. The van der Waals surface area contributed by atoms with E-state index in [4.69, 9.17) is 9.84 Å². The van der Waals surface area contributed by atoms with Gasteiger partial charge in [0.2, 0.25) is 0 Å². The summed E-state index contributed by atoms with van der Waals surface area (Å²) in [7, 11) is 0. The van der Waals surface area contributed by atoms with Gasteiger partial charge < -0.3 is 20.1 Å². The van der Waals surface area contributed by atoms with Gasteiger partial charge in [-0.05, 0) is 0 Å². The minimum Gasteiger partial charge on any atom is -0.480 e. The molecule has 0 aromatic rings. The highest BCUT2D eigenvalue weighted by Crippen LogP contribution is 2.25. The Labute approximate surface area is 80.5 Å². The monoisotopic (exact) mass is 203 g/mol. The summed E-state index contributed by atoms with van der Waals surface area (Å²) >= 11 is 0. The molecule has 6 heteroatoms. The van der Waals surface area contributed by atoms with Crippen LogP contribution < -0.4 is 5.32 Å². The largest absolute Gasteiger partial charge is 0.480 e. The minimum absolute atomic E-state index is 0.0658. The fourth-order valence-corrected chi connectivity index (χ4v) is 2.01. The van der Waals surface area contributed by atoms with Crippen LogP contribution in [-0.4, -0.2) is 58.3 Å². The van der Waals surface area contributed by atoms with Gasteiger partial charge in [0.25, 0.3) is 0 Å². The van der Waals surface area contributed by atoms with Crippen molar-refractivity contribution in [2.75, 3.05) is 6.61 Å². The molecule has 1 unspecified atom stereocenters. The number of carbonyl (C=O) groups is 1. The molecule has 0 bridgehead atoms.